The van der Waals surface area contributed by atoms with Crippen LogP contribution in [0.3, 0.4) is 0 Å². The molecule has 0 saturated carbocycles. The summed E-state index contributed by atoms with van der Waals surface area (Å²) < 4.78 is 9.97. The molecule has 1 rings (SSSR count). The molecule has 0 N–H and O–H groups in total. The number of carbonyl (C=O) groups is 2. The predicted molar refractivity (Wildman–Crippen MR) is 72.1 cm³/mol. The minimum absolute atomic E-state index is 0.156. The van der Waals surface area contributed by atoms with Gasteiger partial charge in [0.1, 0.15) is 11.2 Å². The molecule has 104 valence electrons. The lowest BCUT2D eigenvalue weighted by Crippen LogP contribution is -2.36. The van der Waals surface area contributed by atoms with Crippen molar-refractivity contribution >= 4 is 11.8 Å². The molecule has 0 saturated heterocycles. The van der Waals surface area contributed by atoms with Crippen LogP contribution in [-0.4, -0.2) is 25.5 Å². The molecule has 1 aromatic rings. The molecule has 1 aromatic carbocycles. The van der Waals surface area contributed by atoms with Gasteiger partial charge in [0.05, 0.1) is 13.7 Å². The van der Waals surface area contributed by atoms with E-state index in [1.807, 2.05) is 12.1 Å². The summed E-state index contributed by atoms with van der Waals surface area (Å²) in [5.74, 6) is 0.102. The molecule has 0 unspecified atom stereocenters. The molecule has 0 amide bonds. The Balaban J connectivity index is 2.74. The van der Waals surface area contributed by atoms with Gasteiger partial charge >= 0.3 is 5.97 Å². The highest BCUT2D eigenvalue weighted by atomic mass is 16.5. The standard InChI is InChI=1S/C15H20O4/c1-5-19-14(17)15(2,3)13(16)10-11-6-8-12(18-4)9-7-11/h6-9H,5,10H2,1-4H3. The van der Waals surface area contributed by atoms with Crippen LogP contribution < -0.4 is 4.74 Å². The quantitative estimate of drug-likeness (QED) is 0.585. The first-order valence-corrected chi connectivity index (χ1v) is 6.25. The molecule has 4 nitrogen and oxygen atoms in total. The van der Waals surface area contributed by atoms with Gasteiger partial charge in [-0.3, -0.25) is 9.59 Å². The first kappa shape index (κ1) is 15.2. The van der Waals surface area contributed by atoms with Crippen molar-refractivity contribution in [2.75, 3.05) is 13.7 Å². The zero-order chi connectivity index (χ0) is 14.5. The number of esters is 1. The van der Waals surface area contributed by atoms with E-state index in [0.29, 0.717) is 0 Å². The number of rotatable bonds is 6. The molecule has 0 fully saturated rings. The van der Waals surface area contributed by atoms with Crippen LogP contribution in [0, 0.1) is 5.41 Å². The van der Waals surface area contributed by atoms with Gasteiger partial charge in [-0.1, -0.05) is 12.1 Å². The van der Waals surface area contributed by atoms with E-state index in [0.717, 1.165) is 11.3 Å². The molecule has 4 heteroatoms. The number of Topliss-reactive ketones (excluding diaryl/α,β-unsaturated/α-hetero) is 1. The van der Waals surface area contributed by atoms with E-state index in [9.17, 15) is 9.59 Å². The van der Waals surface area contributed by atoms with Gasteiger partial charge < -0.3 is 9.47 Å². The van der Waals surface area contributed by atoms with E-state index < -0.39 is 11.4 Å². The molecule has 0 aliphatic rings. The van der Waals surface area contributed by atoms with Crippen LogP contribution in [0.25, 0.3) is 0 Å². The monoisotopic (exact) mass is 264 g/mol. The Hall–Kier alpha value is -1.84. The van der Waals surface area contributed by atoms with Crippen LogP contribution in [0.15, 0.2) is 24.3 Å². The largest absolute Gasteiger partial charge is 0.497 e. The molecule has 19 heavy (non-hydrogen) atoms. The van der Waals surface area contributed by atoms with E-state index in [-0.39, 0.29) is 18.8 Å². The van der Waals surface area contributed by atoms with Crippen molar-refractivity contribution in [2.24, 2.45) is 5.41 Å². The molecular formula is C15H20O4. The van der Waals surface area contributed by atoms with Crippen molar-refractivity contribution in [1.29, 1.82) is 0 Å². The maximum Gasteiger partial charge on any atom is 0.319 e. The van der Waals surface area contributed by atoms with Crippen molar-refractivity contribution in [3.8, 4) is 5.75 Å². The Morgan fingerprint density at radius 2 is 1.74 bits per heavy atom. The average molecular weight is 264 g/mol. The van der Waals surface area contributed by atoms with Gasteiger partial charge in [0.25, 0.3) is 0 Å². The number of ketones is 1. The van der Waals surface area contributed by atoms with Crippen molar-refractivity contribution in [1.82, 2.24) is 0 Å². The van der Waals surface area contributed by atoms with Gasteiger partial charge in [-0.15, -0.1) is 0 Å². The van der Waals surface area contributed by atoms with Crippen LogP contribution in [0.5, 0.6) is 5.75 Å². The predicted octanol–water partition coefficient (Wildman–Crippen LogP) is 2.40. The average Bonchev–Trinajstić information content (AvgIpc) is 2.39. The summed E-state index contributed by atoms with van der Waals surface area (Å²) in [6.07, 6.45) is 0.204. The van der Waals surface area contributed by atoms with E-state index in [1.165, 1.54) is 0 Å². The second-order valence-electron chi connectivity index (χ2n) is 4.79. The van der Waals surface area contributed by atoms with Crippen LogP contribution >= 0.6 is 0 Å². The van der Waals surface area contributed by atoms with Crippen LogP contribution in [-0.2, 0) is 20.7 Å². The minimum Gasteiger partial charge on any atom is -0.497 e. The summed E-state index contributed by atoms with van der Waals surface area (Å²) in [5.41, 5.74) is -0.265. The van der Waals surface area contributed by atoms with Crippen molar-refractivity contribution in [2.45, 2.75) is 27.2 Å². The minimum atomic E-state index is -1.12. The Morgan fingerprint density at radius 3 is 2.21 bits per heavy atom. The van der Waals surface area contributed by atoms with Crippen molar-refractivity contribution in [3.05, 3.63) is 29.8 Å². The zero-order valence-electron chi connectivity index (χ0n) is 11.9. The highest BCUT2D eigenvalue weighted by Gasteiger charge is 2.36. The van der Waals surface area contributed by atoms with E-state index in [4.69, 9.17) is 9.47 Å². The smallest absolute Gasteiger partial charge is 0.319 e. The van der Waals surface area contributed by atoms with Crippen molar-refractivity contribution in [3.63, 3.8) is 0 Å². The van der Waals surface area contributed by atoms with Gasteiger partial charge in [-0.05, 0) is 38.5 Å². The Morgan fingerprint density at radius 1 is 1.16 bits per heavy atom. The first-order chi connectivity index (χ1) is 8.91. The van der Waals surface area contributed by atoms with Gasteiger partial charge in [-0.2, -0.15) is 0 Å². The van der Waals surface area contributed by atoms with Gasteiger partial charge in [0.15, 0.2) is 5.78 Å². The normalized spacial score (nSPS) is 10.9. The molecule has 0 aliphatic heterocycles. The summed E-state index contributed by atoms with van der Waals surface area (Å²) in [5, 5.41) is 0. The van der Waals surface area contributed by atoms with E-state index >= 15 is 0 Å². The maximum absolute atomic E-state index is 12.2. The van der Waals surface area contributed by atoms with Crippen molar-refractivity contribution < 1.29 is 19.1 Å². The SMILES string of the molecule is CCOC(=O)C(C)(C)C(=O)Cc1ccc(OC)cc1. The van der Waals surface area contributed by atoms with E-state index in [2.05, 4.69) is 0 Å². The third kappa shape index (κ3) is 3.81. The van der Waals surface area contributed by atoms with Gasteiger partial charge in [0, 0.05) is 6.42 Å². The molecule has 0 atom stereocenters. The Bertz CT molecular complexity index is 446. The highest BCUT2D eigenvalue weighted by molar-refractivity contribution is 6.03. The lowest BCUT2D eigenvalue weighted by molar-refractivity contribution is -0.157. The summed E-state index contributed by atoms with van der Waals surface area (Å²) in [4.78, 5) is 23.9. The fraction of sp³-hybridized carbons (Fsp3) is 0.467. The number of ether oxygens (including phenoxy) is 2. The zero-order valence-corrected chi connectivity index (χ0v) is 11.9. The number of methoxy groups -OCH3 is 1. The van der Waals surface area contributed by atoms with E-state index in [1.54, 1.807) is 40.0 Å². The molecule has 0 heterocycles. The summed E-state index contributed by atoms with van der Waals surface area (Å²) in [6, 6.07) is 7.22. The topological polar surface area (TPSA) is 52.6 Å². The number of benzene rings is 1. The molecule has 0 aliphatic carbocycles. The third-order valence-corrected chi connectivity index (χ3v) is 3.01. The fourth-order valence-corrected chi connectivity index (χ4v) is 1.58. The molecule has 0 aromatic heterocycles. The fourth-order valence-electron chi connectivity index (χ4n) is 1.58. The number of carbonyl (C=O) groups excluding carboxylic acids is 2. The van der Waals surface area contributed by atoms with Gasteiger partial charge in [0.2, 0.25) is 0 Å². The van der Waals surface area contributed by atoms with Crippen LogP contribution in [0.1, 0.15) is 26.3 Å². The molecule has 0 spiro atoms. The van der Waals surface area contributed by atoms with Crippen LogP contribution in [0.4, 0.5) is 0 Å². The first-order valence-electron chi connectivity index (χ1n) is 6.25. The lowest BCUT2D eigenvalue weighted by Gasteiger charge is -2.20. The second kappa shape index (κ2) is 6.36. The molecule has 0 bridgehead atoms. The summed E-state index contributed by atoms with van der Waals surface area (Å²) in [6.45, 7) is 5.19. The number of hydrogen-bond acceptors (Lipinski definition) is 4. The maximum atomic E-state index is 12.2. The molecular weight excluding hydrogens is 244 g/mol. The van der Waals surface area contributed by atoms with Gasteiger partial charge in [-0.25, -0.2) is 0 Å². The Kier molecular flexibility index (Phi) is 5.10. The highest BCUT2D eigenvalue weighted by Crippen LogP contribution is 2.22. The second-order valence-corrected chi connectivity index (χ2v) is 4.79. The summed E-state index contributed by atoms with van der Waals surface area (Å²) >= 11 is 0. The molecule has 0 radical (unpaired) electrons. The lowest BCUT2D eigenvalue weighted by atomic mass is 9.85. The Labute approximate surface area is 113 Å². The third-order valence-electron chi connectivity index (χ3n) is 3.01. The number of hydrogen-bond donors (Lipinski definition) is 0. The van der Waals surface area contributed by atoms with Crippen LogP contribution in [0.2, 0.25) is 0 Å². The summed E-state index contributed by atoms with van der Waals surface area (Å²) in [7, 11) is 1.59.